The van der Waals surface area contributed by atoms with E-state index in [2.05, 4.69) is 36.0 Å². The summed E-state index contributed by atoms with van der Waals surface area (Å²) in [6, 6.07) is 11.7. The van der Waals surface area contributed by atoms with Crippen molar-refractivity contribution in [2.24, 2.45) is 0 Å². The van der Waals surface area contributed by atoms with Gasteiger partial charge in [0.1, 0.15) is 0 Å². The van der Waals surface area contributed by atoms with E-state index in [0.29, 0.717) is 22.3 Å². The van der Waals surface area contributed by atoms with Gasteiger partial charge in [-0.3, -0.25) is 14.2 Å². The molecule has 2 aliphatic rings. The second kappa shape index (κ2) is 7.83. The van der Waals surface area contributed by atoms with E-state index in [1.807, 2.05) is 24.3 Å². The highest BCUT2D eigenvalue weighted by molar-refractivity contribution is 9.10. The monoisotopic (exact) mass is 502 g/mol. The molecule has 152 valence electrons. The van der Waals surface area contributed by atoms with E-state index in [1.165, 1.54) is 11.8 Å². The Bertz CT molecular complexity index is 1170. The number of ketones is 1. The molecule has 5 rings (SSSR count). The molecule has 2 aromatic carbocycles. The lowest BCUT2D eigenvalue weighted by molar-refractivity contribution is -0.115. The van der Waals surface area contributed by atoms with Gasteiger partial charge >= 0.3 is 0 Å². The summed E-state index contributed by atoms with van der Waals surface area (Å²) in [4.78, 5) is 24.4. The number of thioether (sulfide) groups is 1. The van der Waals surface area contributed by atoms with Crippen LogP contribution in [-0.4, -0.2) is 32.2 Å². The SMILES string of the molecule is O=C1Cc2cc(C(=O)CSc3nnc(-c4ccc(Br)cc4)n3C3CC3)c(Cl)cc2N1. The average Bonchev–Trinajstić information content (AvgIpc) is 3.37. The minimum atomic E-state index is -0.0947. The summed E-state index contributed by atoms with van der Waals surface area (Å²) in [6.45, 7) is 0. The van der Waals surface area contributed by atoms with Gasteiger partial charge < -0.3 is 5.32 Å². The zero-order chi connectivity index (χ0) is 20.8. The van der Waals surface area contributed by atoms with Crippen molar-refractivity contribution in [1.29, 1.82) is 0 Å². The first-order chi connectivity index (χ1) is 14.5. The van der Waals surface area contributed by atoms with Crippen LogP contribution < -0.4 is 5.32 Å². The number of carbonyl (C=O) groups is 2. The van der Waals surface area contributed by atoms with Gasteiger partial charge in [-0.2, -0.15) is 0 Å². The second-order valence-electron chi connectivity index (χ2n) is 7.34. The largest absolute Gasteiger partial charge is 0.325 e. The molecule has 3 aromatic rings. The van der Waals surface area contributed by atoms with Crippen LogP contribution in [0.3, 0.4) is 0 Å². The van der Waals surface area contributed by atoms with Crippen molar-refractivity contribution in [3.63, 3.8) is 0 Å². The quantitative estimate of drug-likeness (QED) is 0.371. The Hall–Kier alpha value is -2.16. The van der Waals surface area contributed by atoms with Crippen molar-refractivity contribution in [3.05, 3.63) is 57.0 Å². The lowest BCUT2D eigenvalue weighted by Gasteiger charge is -2.09. The standard InChI is InChI=1S/C21H16BrClN4O2S/c22-13-3-1-11(2-4-13)20-25-26-21(27(20)14-5-6-14)30-10-18(28)15-7-12-8-19(29)24-17(12)9-16(15)23/h1-4,7,9,14H,5-6,8,10H2,(H,24,29). The molecule has 2 heterocycles. The smallest absolute Gasteiger partial charge is 0.228 e. The molecule has 1 aromatic heterocycles. The van der Waals surface area contributed by atoms with Crippen molar-refractivity contribution in [2.45, 2.75) is 30.5 Å². The number of carbonyl (C=O) groups excluding carboxylic acids is 2. The Labute approximate surface area is 190 Å². The number of hydrogen-bond acceptors (Lipinski definition) is 5. The Balaban J connectivity index is 1.37. The number of hydrogen-bond donors (Lipinski definition) is 1. The first-order valence-corrected chi connectivity index (χ1v) is 11.6. The topological polar surface area (TPSA) is 76.9 Å². The van der Waals surface area contributed by atoms with Crippen LogP contribution in [0.15, 0.2) is 46.0 Å². The lowest BCUT2D eigenvalue weighted by atomic mass is 10.1. The second-order valence-corrected chi connectivity index (χ2v) is 9.61. The summed E-state index contributed by atoms with van der Waals surface area (Å²) >= 11 is 11.1. The van der Waals surface area contributed by atoms with Crippen molar-refractivity contribution in [3.8, 4) is 11.4 Å². The number of nitrogens with zero attached hydrogens (tertiary/aromatic N) is 3. The highest BCUT2D eigenvalue weighted by Crippen LogP contribution is 2.41. The fourth-order valence-corrected chi connectivity index (χ4v) is 4.93. The van der Waals surface area contributed by atoms with Crippen molar-refractivity contribution in [2.75, 3.05) is 11.1 Å². The molecule has 0 unspecified atom stereocenters. The third kappa shape index (κ3) is 3.79. The van der Waals surface area contributed by atoms with Crippen molar-refractivity contribution < 1.29 is 9.59 Å². The molecular weight excluding hydrogens is 488 g/mol. The number of aromatic nitrogens is 3. The molecular formula is C21H16BrClN4O2S. The maximum atomic E-state index is 12.9. The number of rotatable bonds is 6. The van der Waals surface area contributed by atoms with Crippen LogP contribution in [0.5, 0.6) is 0 Å². The van der Waals surface area contributed by atoms with Gasteiger partial charge in [0.05, 0.1) is 17.2 Å². The van der Waals surface area contributed by atoms with E-state index in [9.17, 15) is 9.59 Å². The number of Topliss-reactive ketones (excluding diaryl/α,β-unsaturated/α-hetero) is 1. The zero-order valence-corrected chi connectivity index (χ0v) is 18.9. The number of nitrogens with one attached hydrogen (secondary N) is 1. The van der Waals surface area contributed by atoms with Crippen LogP contribution >= 0.6 is 39.3 Å². The molecule has 30 heavy (non-hydrogen) atoms. The highest BCUT2D eigenvalue weighted by atomic mass is 79.9. The van der Waals surface area contributed by atoms with Crippen LogP contribution in [0, 0.1) is 0 Å². The summed E-state index contributed by atoms with van der Waals surface area (Å²) < 4.78 is 3.14. The third-order valence-corrected chi connectivity index (χ3v) is 6.91. The molecule has 1 aliphatic heterocycles. The number of halogens is 2. The van der Waals surface area contributed by atoms with Crippen LogP contribution in [0.1, 0.15) is 34.8 Å². The molecule has 1 amide bonds. The van der Waals surface area contributed by atoms with Crippen LogP contribution in [0.25, 0.3) is 11.4 Å². The molecule has 1 saturated carbocycles. The van der Waals surface area contributed by atoms with E-state index < -0.39 is 0 Å². The van der Waals surface area contributed by atoms with Crippen molar-refractivity contribution in [1.82, 2.24) is 14.8 Å². The molecule has 0 bridgehead atoms. The van der Waals surface area contributed by atoms with E-state index in [4.69, 9.17) is 11.6 Å². The maximum Gasteiger partial charge on any atom is 0.228 e. The summed E-state index contributed by atoms with van der Waals surface area (Å²) in [5.74, 6) is 0.839. The predicted molar refractivity (Wildman–Crippen MR) is 120 cm³/mol. The molecule has 0 saturated heterocycles. The predicted octanol–water partition coefficient (Wildman–Crippen LogP) is 5.17. The molecule has 0 spiro atoms. The van der Waals surface area contributed by atoms with Gasteiger partial charge in [-0.15, -0.1) is 10.2 Å². The van der Waals surface area contributed by atoms with E-state index in [1.54, 1.807) is 12.1 Å². The van der Waals surface area contributed by atoms with Crippen LogP contribution in [0.4, 0.5) is 5.69 Å². The Morgan fingerprint density at radius 3 is 2.73 bits per heavy atom. The number of benzene rings is 2. The van der Waals surface area contributed by atoms with Crippen LogP contribution in [0.2, 0.25) is 5.02 Å². The zero-order valence-electron chi connectivity index (χ0n) is 15.7. The van der Waals surface area contributed by atoms with Crippen LogP contribution in [-0.2, 0) is 11.2 Å². The number of fused-ring (bicyclic) bond motifs is 1. The number of amides is 1. The summed E-state index contributed by atoms with van der Waals surface area (Å²) in [7, 11) is 0. The Morgan fingerprint density at radius 1 is 1.23 bits per heavy atom. The van der Waals surface area contributed by atoms with Gasteiger partial charge in [-0.1, -0.05) is 51.4 Å². The van der Waals surface area contributed by atoms with Gasteiger partial charge in [-0.05, 0) is 42.7 Å². The summed E-state index contributed by atoms with van der Waals surface area (Å²) in [5, 5.41) is 12.6. The van der Waals surface area contributed by atoms with E-state index in [-0.39, 0.29) is 23.9 Å². The lowest BCUT2D eigenvalue weighted by Crippen LogP contribution is -2.06. The molecule has 9 heteroatoms. The Kier molecular flexibility index (Phi) is 5.16. The van der Waals surface area contributed by atoms with Gasteiger partial charge in [0.25, 0.3) is 0 Å². The third-order valence-electron chi connectivity index (χ3n) is 5.13. The van der Waals surface area contributed by atoms with Gasteiger partial charge in [-0.25, -0.2) is 0 Å². The first kappa shape index (κ1) is 19.8. The fraction of sp³-hybridized carbons (Fsp3) is 0.238. The minimum absolute atomic E-state index is 0.0851. The van der Waals surface area contributed by atoms with E-state index in [0.717, 1.165) is 39.4 Å². The molecule has 0 radical (unpaired) electrons. The number of anilines is 1. The molecule has 1 N–H and O–H groups in total. The minimum Gasteiger partial charge on any atom is -0.325 e. The molecule has 0 atom stereocenters. The van der Waals surface area contributed by atoms with Gasteiger partial charge in [0.2, 0.25) is 5.91 Å². The fourth-order valence-electron chi connectivity index (χ4n) is 3.50. The molecule has 6 nitrogen and oxygen atoms in total. The normalized spacial score (nSPS) is 15.2. The Morgan fingerprint density at radius 2 is 2.00 bits per heavy atom. The highest BCUT2D eigenvalue weighted by Gasteiger charge is 2.30. The summed E-state index contributed by atoms with van der Waals surface area (Å²) in [6.07, 6.45) is 2.44. The maximum absolute atomic E-state index is 12.9. The molecule has 1 fully saturated rings. The molecule has 1 aliphatic carbocycles. The van der Waals surface area contributed by atoms with Gasteiger partial charge in [0, 0.05) is 27.3 Å². The van der Waals surface area contributed by atoms with Crippen molar-refractivity contribution >= 4 is 56.7 Å². The summed E-state index contributed by atoms with van der Waals surface area (Å²) in [5.41, 5.74) is 2.91. The van der Waals surface area contributed by atoms with Gasteiger partial charge in [0.15, 0.2) is 16.8 Å². The first-order valence-electron chi connectivity index (χ1n) is 9.48. The van der Waals surface area contributed by atoms with E-state index >= 15 is 0 Å². The average molecular weight is 504 g/mol.